The van der Waals surface area contributed by atoms with Crippen LogP contribution in [0.4, 0.5) is 5.69 Å². The molecule has 5 nitrogen and oxygen atoms in total. The first-order valence-electron chi connectivity index (χ1n) is 7.38. The van der Waals surface area contributed by atoms with Crippen LogP contribution in [0.15, 0.2) is 48.2 Å². The summed E-state index contributed by atoms with van der Waals surface area (Å²) in [5, 5.41) is 3.64. The number of hydrogen-bond acceptors (Lipinski definition) is 4. The molecule has 1 aliphatic rings. The molecule has 1 fully saturated rings. The van der Waals surface area contributed by atoms with E-state index in [0.717, 1.165) is 11.3 Å². The number of carbonyl (C=O) groups excluding carboxylic acids is 1. The fourth-order valence-electron chi connectivity index (χ4n) is 2.43. The Morgan fingerprint density at radius 1 is 1.12 bits per heavy atom. The summed E-state index contributed by atoms with van der Waals surface area (Å²) in [5.74, 6) is 1.03. The first kappa shape index (κ1) is 17.3. The summed E-state index contributed by atoms with van der Waals surface area (Å²) in [6.07, 6.45) is 1.74. The zero-order valence-corrected chi connectivity index (χ0v) is 15.1. The van der Waals surface area contributed by atoms with Crippen LogP contribution in [0.2, 0.25) is 5.02 Å². The third kappa shape index (κ3) is 3.45. The van der Waals surface area contributed by atoms with Gasteiger partial charge < -0.3 is 14.8 Å². The fourth-order valence-corrected chi connectivity index (χ4v) is 2.98. The molecule has 1 N–H and O–H groups in total. The molecule has 7 heteroatoms. The van der Waals surface area contributed by atoms with E-state index in [4.69, 9.17) is 33.3 Å². The second-order valence-electron chi connectivity index (χ2n) is 5.22. The highest BCUT2D eigenvalue weighted by molar-refractivity contribution is 7.80. The number of benzene rings is 2. The van der Waals surface area contributed by atoms with Gasteiger partial charge in [0.2, 0.25) is 0 Å². The van der Waals surface area contributed by atoms with Gasteiger partial charge in [-0.2, -0.15) is 0 Å². The number of anilines is 1. The number of rotatable bonds is 4. The van der Waals surface area contributed by atoms with Crippen LogP contribution in [0, 0.1) is 0 Å². The highest BCUT2D eigenvalue weighted by atomic mass is 35.5. The minimum Gasteiger partial charge on any atom is -0.497 e. The van der Waals surface area contributed by atoms with Gasteiger partial charge in [0.05, 0.1) is 24.9 Å². The minimum absolute atomic E-state index is 0.248. The number of thiocarbonyl (C=S) groups is 1. The Morgan fingerprint density at radius 2 is 1.84 bits per heavy atom. The molecule has 2 aromatic rings. The quantitative estimate of drug-likeness (QED) is 0.654. The lowest BCUT2D eigenvalue weighted by Crippen LogP contribution is -2.30. The molecule has 0 atom stereocenters. The number of amides is 1. The van der Waals surface area contributed by atoms with E-state index >= 15 is 0 Å². The SMILES string of the molecule is COc1ccc(C=C2NC(=S)N(c3ccc(OC)c(Cl)c3)C2=O)cc1. The van der Waals surface area contributed by atoms with Crippen LogP contribution in [-0.2, 0) is 4.79 Å². The largest absolute Gasteiger partial charge is 0.497 e. The minimum atomic E-state index is -0.248. The van der Waals surface area contributed by atoms with E-state index in [-0.39, 0.29) is 5.91 Å². The molecule has 0 spiro atoms. The summed E-state index contributed by atoms with van der Waals surface area (Å²) < 4.78 is 10.3. The van der Waals surface area contributed by atoms with Gasteiger partial charge in [-0.25, -0.2) is 0 Å². The van der Waals surface area contributed by atoms with Gasteiger partial charge in [-0.1, -0.05) is 23.7 Å². The first-order chi connectivity index (χ1) is 12.0. The molecule has 0 saturated carbocycles. The highest BCUT2D eigenvalue weighted by Crippen LogP contribution is 2.31. The van der Waals surface area contributed by atoms with Crippen molar-refractivity contribution in [2.45, 2.75) is 0 Å². The topological polar surface area (TPSA) is 50.8 Å². The average Bonchev–Trinajstić information content (AvgIpc) is 2.89. The van der Waals surface area contributed by atoms with E-state index in [2.05, 4.69) is 5.32 Å². The second kappa shape index (κ2) is 7.13. The zero-order chi connectivity index (χ0) is 18.0. The summed E-state index contributed by atoms with van der Waals surface area (Å²) in [5.41, 5.74) is 1.82. The smallest absolute Gasteiger partial charge is 0.281 e. The lowest BCUT2D eigenvalue weighted by molar-refractivity contribution is -0.113. The molecule has 1 heterocycles. The van der Waals surface area contributed by atoms with Crippen molar-refractivity contribution in [3.8, 4) is 11.5 Å². The Bertz CT molecular complexity index is 865. The second-order valence-corrected chi connectivity index (χ2v) is 6.01. The molecule has 0 aliphatic carbocycles. The van der Waals surface area contributed by atoms with E-state index in [9.17, 15) is 4.79 Å². The molecule has 128 valence electrons. The van der Waals surface area contributed by atoms with Crippen LogP contribution in [-0.4, -0.2) is 25.2 Å². The maximum atomic E-state index is 12.7. The Morgan fingerprint density at radius 3 is 2.44 bits per heavy atom. The third-order valence-electron chi connectivity index (χ3n) is 3.70. The molecule has 1 amide bonds. The predicted molar refractivity (Wildman–Crippen MR) is 102 cm³/mol. The van der Waals surface area contributed by atoms with Gasteiger partial charge >= 0.3 is 0 Å². The lowest BCUT2D eigenvalue weighted by atomic mass is 10.2. The van der Waals surface area contributed by atoms with Gasteiger partial charge in [-0.05, 0) is 54.2 Å². The van der Waals surface area contributed by atoms with E-state index < -0.39 is 0 Å². The Hall–Kier alpha value is -2.57. The van der Waals surface area contributed by atoms with Crippen molar-refractivity contribution in [2.24, 2.45) is 0 Å². The number of halogens is 1. The van der Waals surface area contributed by atoms with Gasteiger partial charge in [0.25, 0.3) is 5.91 Å². The van der Waals surface area contributed by atoms with E-state index in [1.807, 2.05) is 24.3 Å². The van der Waals surface area contributed by atoms with Gasteiger partial charge in [0.1, 0.15) is 17.2 Å². The van der Waals surface area contributed by atoms with Crippen LogP contribution in [0.1, 0.15) is 5.56 Å². The van der Waals surface area contributed by atoms with Crippen molar-refractivity contribution in [1.82, 2.24) is 5.32 Å². The standard InChI is InChI=1S/C18H15ClN2O3S/c1-23-13-6-3-11(4-7-13)9-15-17(22)21(18(25)20-15)12-5-8-16(24-2)14(19)10-12/h3-10H,1-2H3,(H,20,25). The zero-order valence-electron chi connectivity index (χ0n) is 13.6. The van der Waals surface area contributed by atoms with Gasteiger partial charge in [-0.15, -0.1) is 0 Å². The molecule has 1 saturated heterocycles. The van der Waals surface area contributed by atoms with E-state index in [1.165, 1.54) is 12.0 Å². The molecular weight excluding hydrogens is 360 g/mol. The van der Waals surface area contributed by atoms with Crippen LogP contribution < -0.4 is 19.7 Å². The van der Waals surface area contributed by atoms with Crippen LogP contribution in [0.3, 0.4) is 0 Å². The molecule has 2 aromatic carbocycles. The molecule has 0 unspecified atom stereocenters. The molecule has 0 bridgehead atoms. The van der Waals surface area contributed by atoms with Gasteiger partial charge in [0, 0.05) is 0 Å². The summed E-state index contributed by atoms with van der Waals surface area (Å²) in [7, 11) is 3.13. The Labute approximate surface area is 155 Å². The molecule has 1 aliphatic heterocycles. The summed E-state index contributed by atoms with van der Waals surface area (Å²) >= 11 is 11.4. The van der Waals surface area contributed by atoms with Crippen molar-refractivity contribution < 1.29 is 14.3 Å². The Balaban J connectivity index is 1.89. The number of nitrogens with zero attached hydrogens (tertiary/aromatic N) is 1. The van der Waals surface area contributed by atoms with E-state index in [0.29, 0.717) is 27.3 Å². The normalized spacial score (nSPS) is 15.5. The van der Waals surface area contributed by atoms with Crippen molar-refractivity contribution in [2.75, 3.05) is 19.1 Å². The monoisotopic (exact) mass is 374 g/mol. The maximum absolute atomic E-state index is 12.7. The number of nitrogens with one attached hydrogen (secondary N) is 1. The average molecular weight is 375 g/mol. The van der Waals surface area contributed by atoms with Gasteiger partial charge in [-0.3, -0.25) is 9.69 Å². The van der Waals surface area contributed by atoms with Crippen LogP contribution >= 0.6 is 23.8 Å². The summed E-state index contributed by atoms with van der Waals surface area (Å²) in [4.78, 5) is 14.1. The number of hydrogen-bond donors (Lipinski definition) is 1. The van der Waals surface area contributed by atoms with Gasteiger partial charge in [0.15, 0.2) is 5.11 Å². The number of methoxy groups -OCH3 is 2. The molecule has 0 aromatic heterocycles. The summed E-state index contributed by atoms with van der Waals surface area (Å²) in [6, 6.07) is 12.4. The van der Waals surface area contributed by atoms with Crippen molar-refractivity contribution in [3.63, 3.8) is 0 Å². The summed E-state index contributed by atoms with van der Waals surface area (Å²) in [6.45, 7) is 0. The highest BCUT2D eigenvalue weighted by Gasteiger charge is 2.32. The molecule has 25 heavy (non-hydrogen) atoms. The first-order valence-corrected chi connectivity index (χ1v) is 8.17. The van der Waals surface area contributed by atoms with Crippen molar-refractivity contribution in [1.29, 1.82) is 0 Å². The number of carbonyl (C=O) groups is 1. The molecular formula is C18H15ClN2O3S. The van der Waals surface area contributed by atoms with Crippen LogP contribution in [0.5, 0.6) is 11.5 Å². The fraction of sp³-hybridized carbons (Fsp3) is 0.111. The lowest BCUT2D eigenvalue weighted by Gasteiger charge is -2.15. The number of ether oxygens (including phenoxy) is 2. The van der Waals surface area contributed by atoms with E-state index in [1.54, 1.807) is 31.4 Å². The van der Waals surface area contributed by atoms with Crippen molar-refractivity contribution >= 4 is 46.6 Å². The molecule has 3 rings (SSSR count). The van der Waals surface area contributed by atoms with Crippen LogP contribution in [0.25, 0.3) is 6.08 Å². The maximum Gasteiger partial charge on any atom is 0.281 e. The third-order valence-corrected chi connectivity index (χ3v) is 4.28. The molecule has 0 radical (unpaired) electrons. The predicted octanol–water partition coefficient (Wildman–Crippen LogP) is 3.62. The Kier molecular flexibility index (Phi) is 4.92. The van der Waals surface area contributed by atoms with Crippen molar-refractivity contribution in [3.05, 3.63) is 58.7 Å².